The lowest BCUT2D eigenvalue weighted by Crippen LogP contribution is -2.37. The van der Waals surface area contributed by atoms with E-state index < -0.39 is 6.04 Å². The lowest BCUT2D eigenvalue weighted by atomic mass is 10.0. The topological polar surface area (TPSA) is 55.1 Å². The average molecular weight is 228 g/mol. The second-order valence-corrected chi connectivity index (χ2v) is 4.14. The number of carbonyl (C=O) groups excluding carboxylic acids is 1. The molecule has 1 atom stereocenters. The van der Waals surface area contributed by atoms with Gasteiger partial charge in [0.1, 0.15) is 0 Å². The third kappa shape index (κ3) is 2.63. The molecule has 0 aliphatic rings. The minimum absolute atomic E-state index is 0.127. The smallest absolute Gasteiger partial charge is 0.236 e. The highest BCUT2D eigenvalue weighted by Crippen LogP contribution is 2.18. The largest absolute Gasteiger partial charge is 0.351 e. The summed E-state index contributed by atoms with van der Waals surface area (Å²) in [4.78, 5) is 11.4. The Morgan fingerprint density at radius 3 is 2.71 bits per heavy atom. The predicted molar refractivity (Wildman–Crippen MR) is 69.4 cm³/mol. The fraction of sp³-hybridized carbons (Fsp3) is 0.214. The summed E-state index contributed by atoms with van der Waals surface area (Å²) in [6.45, 7) is 2.19. The van der Waals surface area contributed by atoms with Gasteiger partial charge in [-0.25, -0.2) is 0 Å². The second-order valence-electron chi connectivity index (χ2n) is 4.14. The van der Waals surface area contributed by atoms with Gasteiger partial charge in [0, 0.05) is 6.54 Å². The van der Waals surface area contributed by atoms with Gasteiger partial charge in [0.05, 0.1) is 6.04 Å². The van der Waals surface area contributed by atoms with Gasteiger partial charge in [0.15, 0.2) is 0 Å². The van der Waals surface area contributed by atoms with Crippen molar-refractivity contribution in [1.82, 2.24) is 5.32 Å². The molecule has 0 aromatic heterocycles. The van der Waals surface area contributed by atoms with E-state index in [2.05, 4.69) is 23.5 Å². The van der Waals surface area contributed by atoms with Gasteiger partial charge in [-0.15, -0.1) is 0 Å². The third-order valence-corrected chi connectivity index (χ3v) is 2.75. The molecule has 0 spiro atoms. The SMILES string of the molecule is C[C@@H](N)C(=O)NCc1cccc2ccccc12. The van der Waals surface area contributed by atoms with Crippen LogP contribution in [0.25, 0.3) is 10.8 Å². The van der Waals surface area contributed by atoms with Gasteiger partial charge in [0.2, 0.25) is 5.91 Å². The first-order valence-electron chi connectivity index (χ1n) is 5.68. The molecule has 17 heavy (non-hydrogen) atoms. The van der Waals surface area contributed by atoms with Crippen molar-refractivity contribution < 1.29 is 4.79 Å². The van der Waals surface area contributed by atoms with Crippen LogP contribution in [0.1, 0.15) is 12.5 Å². The monoisotopic (exact) mass is 228 g/mol. The lowest BCUT2D eigenvalue weighted by molar-refractivity contribution is -0.122. The quantitative estimate of drug-likeness (QED) is 0.841. The normalized spacial score (nSPS) is 12.4. The molecule has 0 heterocycles. The van der Waals surface area contributed by atoms with Crippen molar-refractivity contribution in [3.63, 3.8) is 0 Å². The van der Waals surface area contributed by atoms with Crippen LogP contribution in [0.15, 0.2) is 42.5 Å². The van der Waals surface area contributed by atoms with Crippen LogP contribution in [0, 0.1) is 0 Å². The number of carbonyl (C=O) groups is 1. The third-order valence-electron chi connectivity index (χ3n) is 2.75. The molecule has 0 saturated carbocycles. The number of hydrogen-bond donors (Lipinski definition) is 2. The number of nitrogens with one attached hydrogen (secondary N) is 1. The Balaban J connectivity index is 2.21. The summed E-state index contributed by atoms with van der Waals surface area (Å²) in [6.07, 6.45) is 0. The van der Waals surface area contributed by atoms with Gasteiger partial charge in [-0.3, -0.25) is 4.79 Å². The van der Waals surface area contributed by atoms with Crippen molar-refractivity contribution in [3.8, 4) is 0 Å². The first kappa shape index (κ1) is 11.6. The van der Waals surface area contributed by atoms with E-state index in [-0.39, 0.29) is 5.91 Å². The molecule has 2 aromatic carbocycles. The van der Waals surface area contributed by atoms with Crippen molar-refractivity contribution in [2.24, 2.45) is 5.73 Å². The molecule has 1 amide bonds. The summed E-state index contributed by atoms with van der Waals surface area (Å²) < 4.78 is 0. The summed E-state index contributed by atoms with van der Waals surface area (Å²) in [5.74, 6) is -0.127. The van der Waals surface area contributed by atoms with Gasteiger partial charge in [-0.1, -0.05) is 42.5 Å². The van der Waals surface area contributed by atoms with E-state index >= 15 is 0 Å². The zero-order valence-electron chi connectivity index (χ0n) is 9.81. The van der Waals surface area contributed by atoms with Crippen molar-refractivity contribution >= 4 is 16.7 Å². The lowest BCUT2D eigenvalue weighted by Gasteiger charge is -2.10. The van der Waals surface area contributed by atoms with Crippen molar-refractivity contribution in [3.05, 3.63) is 48.0 Å². The van der Waals surface area contributed by atoms with Gasteiger partial charge < -0.3 is 11.1 Å². The van der Waals surface area contributed by atoms with E-state index in [1.807, 2.05) is 24.3 Å². The number of rotatable bonds is 3. The van der Waals surface area contributed by atoms with Crippen molar-refractivity contribution in [1.29, 1.82) is 0 Å². The highest BCUT2D eigenvalue weighted by Gasteiger charge is 2.07. The molecule has 3 N–H and O–H groups in total. The van der Waals surface area contributed by atoms with Crippen LogP contribution in [-0.2, 0) is 11.3 Å². The summed E-state index contributed by atoms with van der Waals surface area (Å²) in [5, 5.41) is 5.17. The first-order chi connectivity index (χ1) is 8.18. The predicted octanol–water partition coefficient (Wildman–Crippen LogP) is 1.80. The summed E-state index contributed by atoms with van der Waals surface area (Å²) in [5.41, 5.74) is 6.61. The van der Waals surface area contributed by atoms with E-state index in [1.54, 1.807) is 6.92 Å². The fourth-order valence-corrected chi connectivity index (χ4v) is 1.79. The second kappa shape index (κ2) is 4.97. The highest BCUT2D eigenvalue weighted by atomic mass is 16.2. The number of benzene rings is 2. The van der Waals surface area contributed by atoms with Gasteiger partial charge in [-0.2, -0.15) is 0 Å². The molecule has 0 aliphatic carbocycles. The first-order valence-corrected chi connectivity index (χ1v) is 5.68. The molecule has 0 aliphatic heterocycles. The Bertz CT molecular complexity index is 529. The van der Waals surface area contributed by atoms with Gasteiger partial charge >= 0.3 is 0 Å². The van der Waals surface area contributed by atoms with Crippen LogP contribution in [0.4, 0.5) is 0 Å². The molecule has 2 rings (SSSR count). The maximum atomic E-state index is 11.4. The van der Waals surface area contributed by atoms with E-state index in [0.717, 1.165) is 5.56 Å². The Labute approximate surface area is 101 Å². The molecule has 0 unspecified atom stereocenters. The standard InChI is InChI=1S/C14H16N2O/c1-10(15)14(17)16-9-12-7-4-6-11-5-2-3-8-13(11)12/h2-8,10H,9,15H2,1H3,(H,16,17)/t10-/m1/s1. The number of fused-ring (bicyclic) bond motifs is 1. The van der Waals surface area contributed by atoms with E-state index in [1.165, 1.54) is 10.8 Å². The molecule has 0 radical (unpaired) electrons. The van der Waals surface area contributed by atoms with E-state index in [0.29, 0.717) is 6.54 Å². The van der Waals surface area contributed by atoms with Gasteiger partial charge in [-0.05, 0) is 23.3 Å². The van der Waals surface area contributed by atoms with E-state index in [4.69, 9.17) is 5.73 Å². The Morgan fingerprint density at radius 2 is 1.94 bits per heavy atom. The van der Waals surface area contributed by atoms with Crippen molar-refractivity contribution in [2.75, 3.05) is 0 Å². The number of hydrogen-bond acceptors (Lipinski definition) is 2. The van der Waals surface area contributed by atoms with Crippen LogP contribution in [-0.4, -0.2) is 11.9 Å². The van der Waals surface area contributed by atoms with Crippen LogP contribution >= 0.6 is 0 Å². The highest BCUT2D eigenvalue weighted by molar-refractivity contribution is 5.86. The molecular weight excluding hydrogens is 212 g/mol. The van der Waals surface area contributed by atoms with Crippen LogP contribution in [0.2, 0.25) is 0 Å². The Morgan fingerprint density at radius 1 is 1.24 bits per heavy atom. The maximum Gasteiger partial charge on any atom is 0.236 e. The summed E-state index contributed by atoms with van der Waals surface area (Å²) >= 11 is 0. The van der Waals surface area contributed by atoms with Crippen LogP contribution < -0.4 is 11.1 Å². The Hall–Kier alpha value is -1.87. The number of amides is 1. The minimum atomic E-state index is -0.468. The summed E-state index contributed by atoms with van der Waals surface area (Å²) in [6, 6.07) is 13.7. The minimum Gasteiger partial charge on any atom is -0.351 e. The van der Waals surface area contributed by atoms with E-state index in [9.17, 15) is 4.79 Å². The average Bonchev–Trinajstić information content (AvgIpc) is 2.35. The molecule has 88 valence electrons. The van der Waals surface area contributed by atoms with Gasteiger partial charge in [0.25, 0.3) is 0 Å². The van der Waals surface area contributed by atoms with Crippen molar-refractivity contribution in [2.45, 2.75) is 19.5 Å². The molecule has 3 nitrogen and oxygen atoms in total. The Kier molecular flexibility index (Phi) is 3.40. The molecule has 0 fully saturated rings. The molecular formula is C14H16N2O. The molecule has 0 bridgehead atoms. The summed E-state index contributed by atoms with van der Waals surface area (Å²) in [7, 11) is 0. The zero-order chi connectivity index (χ0) is 12.3. The maximum absolute atomic E-state index is 11.4. The zero-order valence-corrected chi connectivity index (χ0v) is 9.81. The molecule has 3 heteroatoms. The fourth-order valence-electron chi connectivity index (χ4n) is 1.79. The molecule has 2 aromatic rings. The number of nitrogens with two attached hydrogens (primary N) is 1. The molecule has 0 saturated heterocycles. The van der Waals surface area contributed by atoms with Crippen LogP contribution in [0.3, 0.4) is 0 Å². The van der Waals surface area contributed by atoms with Crippen LogP contribution in [0.5, 0.6) is 0 Å².